The molecule has 4 rings (SSSR count). The van der Waals surface area contributed by atoms with E-state index in [4.69, 9.17) is 9.59 Å². The van der Waals surface area contributed by atoms with Crippen molar-refractivity contribution in [2.45, 2.75) is 26.7 Å². The molecule has 0 aliphatic rings. The summed E-state index contributed by atoms with van der Waals surface area (Å²) in [4.78, 5) is 31.5. The van der Waals surface area contributed by atoms with Gasteiger partial charge in [-0.15, -0.1) is 0 Å². The van der Waals surface area contributed by atoms with Gasteiger partial charge < -0.3 is 9.97 Å². The Kier molecular flexibility index (Phi) is 4.73. The number of aromatic nitrogens is 4. The number of hydrogen-bond acceptors (Lipinski definition) is 4. The van der Waals surface area contributed by atoms with E-state index in [2.05, 4.69) is 58.0 Å². The molecule has 126 valence electrons. The second kappa shape index (κ2) is 7.11. The van der Waals surface area contributed by atoms with Gasteiger partial charge >= 0.3 is 6.15 Å². The SMILES string of the molecule is Cc1cc2cc(CCc3cc4nc[nH]c4cc3C)cnc2[nH]1.O=C=O. The first-order chi connectivity index (χ1) is 12.1. The number of fused-ring (bicyclic) bond motifs is 2. The van der Waals surface area contributed by atoms with E-state index in [9.17, 15) is 0 Å². The average molecular weight is 334 g/mol. The van der Waals surface area contributed by atoms with Gasteiger partial charge in [-0.1, -0.05) is 0 Å². The van der Waals surface area contributed by atoms with Crippen LogP contribution in [0.2, 0.25) is 0 Å². The van der Waals surface area contributed by atoms with E-state index >= 15 is 0 Å². The van der Waals surface area contributed by atoms with Gasteiger partial charge in [-0.2, -0.15) is 9.59 Å². The maximum atomic E-state index is 8.12. The van der Waals surface area contributed by atoms with Crippen molar-refractivity contribution in [3.05, 3.63) is 59.2 Å². The van der Waals surface area contributed by atoms with Crippen molar-refractivity contribution < 1.29 is 9.59 Å². The summed E-state index contributed by atoms with van der Waals surface area (Å²) >= 11 is 0. The third-order valence-corrected chi connectivity index (χ3v) is 4.22. The van der Waals surface area contributed by atoms with Crippen LogP contribution in [-0.4, -0.2) is 26.1 Å². The molecule has 0 fully saturated rings. The minimum atomic E-state index is 0.250. The highest BCUT2D eigenvalue weighted by atomic mass is 16.2. The van der Waals surface area contributed by atoms with Crippen molar-refractivity contribution in [3.63, 3.8) is 0 Å². The lowest BCUT2D eigenvalue weighted by molar-refractivity contribution is -0.191. The number of pyridine rings is 1. The van der Waals surface area contributed by atoms with E-state index < -0.39 is 0 Å². The number of carbonyl (C=O) groups excluding carboxylic acids is 2. The highest BCUT2D eigenvalue weighted by Crippen LogP contribution is 2.20. The summed E-state index contributed by atoms with van der Waals surface area (Å²) in [5.41, 5.74) is 8.19. The molecule has 0 saturated carbocycles. The molecular weight excluding hydrogens is 316 g/mol. The minimum absolute atomic E-state index is 0.250. The molecule has 2 N–H and O–H groups in total. The van der Waals surface area contributed by atoms with Crippen LogP contribution in [0.4, 0.5) is 0 Å². The van der Waals surface area contributed by atoms with E-state index in [1.807, 2.05) is 6.20 Å². The van der Waals surface area contributed by atoms with Gasteiger partial charge in [-0.25, -0.2) is 9.97 Å². The molecule has 3 aromatic heterocycles. The third kappa shape index (κ3) is 3.65. The Labute approximate surface area is 144 Å². The number of nitrogens with one attached hydrogen (secondary N) is 2. The fourth-order valence-electron chi connectivity index (χ4n) is 3.02. The molecule has 0 aliphatic carbocycles. The van der Waals surface area contributed by atoms with Crippen molar-refractivity contribution in [2.75, 3.05) is 0 Å². The molecule has 0 unspecified atom stereocenters. The van der Waals surface area contributed by atoms with Gasteiger partial charge in [0.25, 0.3) is 0 Å². The maximum Gasteiger partial charge on any atom is 0.373 e. The lowest BCUT2D eigenvalue weighted by Crippen LogP contribution is -1.95. The van der Waals surface area contributed by atoms with Crippen molar-refractivity contribution >= 4 is 28.2 Å². The molecule has 0 aliphatic heterocycles. The van der Waals surface area contributed by atoms with Crippen LogP contribution < -0.4 is 0 Å². The Morgan fingerprint density at radius 1 is 1.04 bits per heavy atom. The lowest BCUT2D eigenvalue weighted by Gasteiger charge is -2.06. The van der Waals surface area contributed by atoms with Gasteiger partial charge in [0.1, 0.15) is 5.65 Å². The maximum absolute atomic E-state index is 8.12. The second-order valence-corrected chi connectivity index (χ2v) is 6.02. The monoisotopic (exact) mass is 334 g/mol. The first-order valence-electron chi connectivity index (χ1n) is 7.97. The molecule has 1 aromatic carbocycles. The fourth-order valence-corrected chi connectivity index (χ4v) is 3.02. The number of rotatable bonds is 3. The van der Waals surface area contributed by atoms with E-state index in [1.54, 1.807) is 6.33 Å². The predicted octanol–water partition coefficient (Wildman–Crippen LogP) is 3.26. The molecular formula is C19H18N4O2. The summed E-state index contributed by atoms with van der Waals surface area (Å²) in [6.07, 6.45) is 5.97. The second-order valence-electron chi connectivity index (χ2n) is 6.02. The van der Waals surface area contributed by atoms with Crippen molar-refractivity contribution in [1.29, 1.82) is 0 Å². The number of aromatic amines is 2. The predicted molar refractivity (Wildman–Crippen MR) is 94.1 cm³/mol. The Balaban J connectivity index is 0.000000569. The molecule has 0 saturated heterocycles. The smallest absolute Gasteiger partial charge is 0.345 e. The molecule has 0 radical (unpaired) electrons. The summed E-state index contributed by atoms with van der Waals surface area (Å²) < 4.78 is 0. The van der Waals surface area contributed by atoms with Crippen LogP contribution in [0, 0.1) is 13.8 Å². The molecule has 6 heteroatoms. The van der Waals surface area contributed by atoms with Crippen LogP contribution >= 0.6 is 0 Å². The fraction of sp³-hybridized carbons (Fsp3) is 0.211. The van der Waals surface area contributed by atoms with Crippen LogP contribution in [0.5, 0.6) is 0 Å². The largest absolute Gasteiger partial charge is 0.373 e. The van der Waals surface area contributed by atoms with Gasteiger partial charge in [-0.3, -0.25) is 0 Å². The Hall–Kier alpha value is -3.24. The van der Waals surface area contributed by atoms with Gasteiger partial charge in [0.15, 0.2) is 0 Å². The van der Waals surface area contributed by atoms with Crippen LogP contribution in [0.1, 0.15) is 22.4 Å². The topological polar surface area (TPSA) is 91.5 Å². The summed E-state index contributed by atoms with van der Waals surface area (Å²) in [5, 5.41) is 1.19. The van der Waals surface area contributed by atoms with Gasteiger partial charge in [0.2, 0.25) is 0 Å². The summed E-state index contributed by atoms with van der Waals surface area (Å²) in [6, 6.07) is 8.74. The molecule has 0 amide bonds. The first-order valence-corrected chi connectivity index (χ1v) is 7.97. The molecule has 0 atom stereocenters. The standard InChI is InChI=1S/C18H18N4.CO2/c1-11-5-16-17(21-10-20-16)8-14(11)4-3-13-7-15-6-12(2)22-18(15)19-9-13;2-1-3/h5-10H,3-4H2,1-2H3,(H,19,22)(H,20,21);. The lowest BCUT2D eigenvalue weighted by atomic mass is 10.0. The number of imidazole rings is 1. The van der Waals surface area contributed by atoms with Crippen molar-refractivity contribution in [3.8, 4) is 0 Å². The Morgan fingerprint density at radius 2 is 1.84 bits per heavy atom. The highest BCUT2D eigenvalue weighted by Gasteiger charge is 2.06. The number of hydrogen-bond donors (Lipinski definition) is 2. The quantitative estimate of drug-likeness (QED) is 0.601. The molecule has 3 heterocycles. The summed E-state index contributed by atoms with van der Waals surface area (Å²) in [5.74, 6) is 0. The van der Waals surface area contributed by atoms with E-state index in [0.29, 0.717) is 0 Å². The normalized spacial score (nSPS) is 10.5. The Morgan fingerprint density at radius 3 is 2.64 bits per heavy atom. The van der Waals surface area contributed by atoms with E-state index in [-0.39, 0.29) is 6.15 Å². The zero-order valence-corrected chi connectivity index (χ0v) is 14.1. The van der Waals surface area contributed by atoms with Gasteiger partial charge in [0.05, 0.1) is 17.4 Å². The van der Waals surface area contributed by atoms with Gasteiger partial charge in [-0.05, 0) is 67.6 Å². The van der Waals surface area contributed by atoms with Crippen molar-refractivity contribution in [2.24, 2.45) is 0 Å². The molecule has 6 nitrogen and oxygen atoms in total. The molecule has 0 bridgehead atoms. The van der Waals surface area contributed by atoms with Crippen LogP contribution in [-0.2, 0) is 22.4 Å². The number of benzene rings is 1. The van der Waals surface area contributed by atoms with E-state index in [0.717, 1.165) is 35.2 Å². The first kappa shape index (κ1) is 16.6. The van der Waals surface area contributed by atoms with Crippen LogP contribution in [0.25, 0.3) is 22.1 Å². The number of nitrogens with zero attached hydrogens (tertiary/aromatic N) is 2. The molecule has 0 spiro atoms. The Bertz CT molecular complexity index is 1060. The zero-order chi connectivity index (χ0) is 17.8. The van der Waals surface area contributed by atoms with Crippen molar-refractivity contribution in [1.82, 2.24) is 19.9 Å². The molecule has 25 heavy (non-hydrogen) atoms. The van der Waals surface area contributed by atoms with Crippen LogP contribution in [0.15, 0.2) is 36.8 Å². The minimum Gasteiger partial charge on any atom is -0.345 e. The van der Waals surface area contributed by atoms with E-state index in [1.165, 1.54) is 22.1 Å². The van der Waals surface area contributed by atoms with Gasteiger partial charge in [0, 0.05) is 17.3 Å². The number of H-pyrrole nitrogens is 2. The highest BCUT2D eigenvalue weighted by molar-refractivity contribution is 5.77. The zero-order valence-electron chi connectivity index (χ0n) is 14.1. The summed E-state index contributed by atoms with van der Waals surface area (Å²) in [7, 11) is 0. The molecule has 4 aromatic rings. The average Bonchev–Trinajstić information content (AvgIpc) is 3.17. The summed E-state index contributed by atoms with van der Waals surface area (Å²) in [6.45, 7) is 4.22. The van der Waals surface area contributed by atoms with Crippen LogP contribution in [0.3, 0.4) is 0 Å². The third-order valence-electron chi connectivity index (χ3n) is 4.22. The number of aryl methyl sites for hydroxylation is 4.